The molecule has 1 saturated heterocycles. The van der Waals surface area contributed by atoms with Crippen LogP contribution in [0, 0.1) is 5.82 Å². The van der Waals surface area contributed by atoms with Gasteiger partial charge in [-0.1, -0.05) is 35.5 Å². The molecule has 1 fully saturated rings. The molecule has 2 aromatic carbocycles. The van der Waals surface area contributed by atoms with Crippen molar-refractivity contribution in [2.24, 2.45) is 10.2 Å². The number of carbonyl (C=O) groups excluding carboxylic acids is 1. The lowest BCUT2D eigenvalue weighted by atomic mass is 10.2. The van der Waals surface area contributed by atoms with Gasteiger partial charge in [0.2, 0.25) is 5.91 Å². The molecular formula is C17H13ClFN3O2S. The molecule has 2 aromatic rings. The zero-order chi connectivity index (χ0) is 17.6. The van der Waals surface area contributed by atoms with Crippen LogP contribution in [0.25, 0.3) is 0 Å². The predicted molar refractivity (Wildman–Crippen MR) is 97.8 cm³/mol. The van der Waals surface area contributed by atoms with E-state index >= 15 is 0 Å². The van der Waals surface area contributed by atoms with E-state index in [4.69, 9.17) is 16.3 Å². The average molecular weight is 378 g/mol. The monoisotopic (exact) mass is 377 g/mol. The molecule has 0 aliphatic carbocycles. The van der Waals surface area contributed by atoms with E-state index in [1.807, 2.05) is 12.1 Å². The molecule has 1 heterocycles. The Labute approximate surface area is 152 Å². The Bertz CT molecular complexity index is 858. The van der Waals surface area contributed by atoms with Crippen molar-refractivity contribution in [3.8, 4) is 5.75 Å². The third-order valence-corrected chi connectivity index (χ3v) is 4.29. The van der Waals surface area contributed by atoms with E-state index in [-0.39, 0.29) is 12.5 Å². The molecule has 1 aliphatic rings. The van der Waals surface area contributed by atoms with Crippen LogP contribution in [0.1, 0.15) is 11.1 Å². The number of benzene rings is 2. The largest absolute Gasteiger partial charge is 0.488 e. The van der Waals surface area contributed by atoms with Crippen LogP contribution in [0.15, 0.2) is 52.7 Å². The van der Waals surface area contributed by atoms with Crippen molar-refractivity contribution in [3.63, 3.8) is 0 Å². The van der Waals surface area contributed by atoms with E-state index in [0.717, 1.165) is 5.56 Å². The van der Waals surface area contributed by atoms with Crippen LogP contribution in [0.3, 0.4) is 0 Å². The van der Waals surface area contributed by atoms with Crippen LogP contribution in [0.4, 0.5) is 4.39 Å². The number of halogens is 2. The topological polar surface area (TPSA) is 63.0 Å². The standard InChI is InChI=1S/C17H13ClFN3O2S/c18-13-3-1-2-11(6-13)9-24-15-7-14(19)5-4-12(15)8-20-22-17-21-16(23)10-25-17/h1-8H,9-10H2,(H,21,22,23). The average Bonchev–Trinajstić information content (AvgIpc) is 3.00. The van der Waals surface area contributed by atoms with Gasteiger partial charge in [0, 0.05) is 16.7 Å². The molecule has 1 amide bonds. The number of nitrogens with one attached hydrogen (secondary N) is 1. The highest BCUT2D eigenvalue weighted by Gasteiger charge is 2.16. The molecule has 25 heavy (non-hydrogen) atoms. The molecule has 0 unspecified atom stereocenters. The summed E-state index contributed by atoms with van der Waals surface area (Å²) in [6.45, 7) is 0.241. The highest BCUT2D eigenvalue weighted by Crippen LogP contribution is 2.21. The number of hydrogen-bond donors (Lipinski definition) is 1. The van der Waals surface area contributed by atoms with E-state index < -0.39 is 5.82 Å². The van der Waals surface area contributed by atoms with Crippen molar-refractivity contribution in [1.29, 1.82) is 0 Å². The van der Waals surface area contributed by atoms with Crippen molar-refractivity contribution in [2.75, 3.05) is 5.75 Å². The Kier molecular flexibility index (Phi) is 5.67. The molecule has 1 N–H and O–H groups in total. The first kappa shape index (κ1) is 17.4. The number of nitrogens with zero attached hydrogens (tertiary/aromatic N) is 2. The van der Waals surface area contributed by atoms with Gasteiger partial charge in [0.05, 0.1) is 12.0 Å². The minimum atomic E-state index is -0.414. The summed E-state index contributed by atoms with van der Waals surface area (Å²) in [6.07, 6.45) is 1.45. The third kappa shape index (κ3) is 5.04. The molecule has 128 valence electrons. The van der Waals surface area contributed by atoms with E-state index in [1.54, 1.807) is 18.2 Å². The van der Waals surface area contributed by atoms with Gasteiger partial charge in [-0.3, -0.25) is 4.79 Å². The number of amidine groups is 1. The third-order valence-electron chi connectivity index (χ3n) is 3.19. The van der Waals surface area contributed by atoms with Gasteiger partial charge >= 0.3 is 0 Å². The molecular weight excluding hydrogens is 365 g/mol. The number of rotatable bonds is 5. The van der Waals surface area contributed by atoms with Gasteiger partial charge in [0.25, 0.3) is 0 Å². The van der Waals surface area contributed by atoms with E-state index in [1.165, 1.54) is 30.1 Å². The SMILES string of the molecule is O=C1CSC(=NN=Cc2ccc(F)cc2OCc2cccc(Cl)c2)N1. The lowest BCUT2D eigenvalue weighted by Crippen LogP contribution is -2.19. The summed E-state index contributed by atoms with van der Waals surface area (Å²) in [5.74, 6) is 0.153. The van der Waals surface area contributed by atoms with Crippen LogP contribution in [0.5, 0.6) is 5.75 Å². The first-order valence-electron chi connectivity index (χ1n) is 7.30. The van der Waals surface area contributed by atoms with Crippen molar-refractivity contribution >= 4 is 40.7 Å². The highest BCUT2D eigenvalue weighted by molar-refractivity contribution is 8.15. The Morgan fingerprint density at radius 2 is 2.20 bits per heavy atom. The second-order valence-corrected chi connectivity index (χ2v) is 6.49. The normalized spacial score (nSPS) is 15.8. The van der Waals surface area contributed by atoms with Gasteiger partial charge in [0.15, 0.2) is 5.17 Å². The Morgan fingerprint density at radius 1 is 1.32 bits per heavy atom. The zero-order valence-electron chi connectivity index (χ0n) is 12.9. The Balaban J connectivity index is 1.72. The molecule has 5 nitrogen and oxygen atoms in total. The number of hydrogen-bond acceptors (Lipinski definition) is 5. The van der Waals surface area contributed by atoms with Crippen LogP contribution < -0.4 is 10.1 Å². The maximum atomic E-state index is 13.5. The van der Waals surface area contributed by atoms with E-state index in [9.17, 15) is 9.18 Å². The van der Waals surface area contributed by atoms with Crippen LogP contribution in [-0.2, 0) is 11.4 Å². The fourth-order valence-electron chi connectivity index (χ4n) is 2.05. The van der Waals surface area contributed by atoms with Crippen molar-refractivity contribution in [1.82, 2.24) is 5.32 Å². The molecule has 0 radical (unpaired) electrons. The molecule has 0 saturated carbocycles. The fourth-order valence-corrected chi connectivity index (χ4v) is 2.89. The fraction of sp³-hybridized carbons (Fsp3) is 0.118. The van der Waals surface area contributed by atoms with Crippen LogP contribution in [-0.4, -0.2) is 23.0 Å². The van der Waals surface area contributed by atoms with Crippen molar-refractivity contribution in [3.05, 3.63) is 64.4 Å². The maximum Gasteiger partial charge on any atom is 0.236 e. The second-order valence-electron chi connectivity index (χ2n) is 5.09. The summed E-state index contributed by atoms with van der Waals surface area (Å²) in [7, 11) is 0. The summed E-state index contributed by atoms with van der Waals surface area (Å²) >= 11 is 7.21. The number of carbonyl (C=O) groups is 1. The molecule has 0 atom stereocenters. The van der Waals surface area contributed by atoms with Crippen molar-refractivity contribution in [2.45, 2.75) is 6.61 Å². The maximum absolute atomic E-state index is 13.5. The van der Waals surface area contributed by atoms with Crippen LogP contribution in [0.2, 0.25) is 5.02 Å². The summed E-state index contributed by atoms with van der Waals surface area (Å²) in [4.78, 5) is 11.1. The molecule has 0 aromatic heterocycles. The Hall–Kier alpha value is -2.38. The molecule has 0 bridgehead atoms. The number of thioether (sulfide) groups is 1. The van der Waals surface area contributed by atoms with Gasteiger partial charge < -0.3 is 10.1 Å². The molecule has 0 spiro atoms. The van der Waals surface area contributed by atoms with Gasteiger partial charge in [0.1, 0.15) is 18.2 Å². The summed E-state index contributed by atoms with van der Waals surface area (Å²) in [6, 6.07) is 11.4. The minimum absolute atomic E-state index is 0.105. The molecule has 1 aliphatic heterocycles. The summed E-state index contributed by atoms with van der Waals surface area (Å²) in [5, 5.41) is 11.4. The minimum Gasteiger partial charge on any atom is -0.488 e. The quantitative estimate of drug-likeness (QED) is 0.639. The van der Waals surface area contributed by atoms with Crippen LogP contribution >= 0.6 is 23.4 Å². The Morgan fingerprint density at radius 3 is 2.96 bits per heavy atom. The first-order chi connectivity index (χ1) is 12.1. The molecule has 3 rings (SSSR count). The lowest BCUT2D eigenvalue weighted by molar-refractivity contribution is -0.116. The van der Waals surface area contributed by atoms with Gasteiger partial charge in [-0.25, -0.2) is 4.39 Å². The van der Waals surface area contributed by atoms with Crippen molar-refractivity contribution < 1.29 is 13.9 Å². The number of ether oxygens (including phenoxy) is 1. The summed E-state index contributed by atoms with van der Waals surface area (Å²) in [5.41, 5.74) is 1.44. The summed E-state index contributed by atoms with van der Waals surface area (Å²) < 4.78 is 19.2. The lowest BCUT2D eigenvalue weighted by Gasteiger charge is -2.09. The zero-order valence-corrected chi connectivity index (χ0v) is 14.5. The molecule has 8 heteroatoms. The van der Waals surface area contributed by atoms with Gasteiger partial charge in [-0.2, -0.15) is 5.10 Å². The highest BCUT2D eigenvalue weighted by atomic mass is 35.5. The first-order valence-corrected chi connectivity index (χ1v) is 8.67. The van der Waals surface area contributed by atoms with E-state index in [2.05, 4.69) is 15.5 Å². The second kappa shape index (κ2) is 8.13. The number of amides is 1. The smallest absolute Gasteiger partial charge is 0.236 e. The van der Waals surface area contributed by atoms with E-state index in [0.29, 0.717) is 27.3 Å². The van der Waals surface area contributed by atoms with Gasteiger partial charge in [-0.15, -0.1) is 5.10 Å². The van der Waals surface area contributed by atoms with Gasteiger partial charge in [-0.05, 0) is 29.8 Å². The predicted octanol–water partition coefficient (Wildman–Crippen LogP) is 3.61.